The molecule has 0 bridgehead atoms. The Balaban J connectivity index is 1.33. The van der Waals surface area contributed by atoms with Crippen LogP contribution in [-0.2, 0) is 9.59 Å². The minimum atomic E-state index is -0.575. The highest BCUT2D eigenvalue weighted by Crippen LogP contribution is 2.29. The van der Waals surface area contributed by atoms with Gasteiger partial charge in [0.25, 0.3) is 0 Å². The summed E-state index contributed by atoms with van der Waals surface area (Å²) in [6.07, 6.45) is 1.45. The van der Waals surface area contributed by atoms with Crippen LogP contribution in [0.3, 0.4) is 0 Å². The maximum atomic E-state index is 12.3. The van der Waals surface area contributed by atoms with Gasteiger partial charge in [-0.25, -0.2) is 0 Å². The Hall–Kier alpha value is -3.07. The first-order chi connectivity index (χ1) is 15.9. The summed E-state index contributed by atoms with van der Waals surface area (Å²) in [5.41, 5.74) is 2.56. The number of nitrogens with one attached hydrogen (secondary N) is 2. The van der Waals surface area contributed by atoms with Gasteiger partial charge in [0.1, 0.15) is 16.8 Å². The molecule has 2 heterocycles. The Morgan fingerprint density at radius 2 is 1.94 bits per heavy atom. The predicted octanol–water partition coefficient (Wildman–Crippen LogP) is 5.51. The number of carbonyl (C=O) groups is 2. The van der Waals surface area contributed by atoms with Crippen LogP contribution in [0.1, 0.15) is 17.7 Å². The SMILES string of the molecule is Cc1ccc(NC(=O)CC2S/C(=N/N=C/c3ccc(-c4ccc(Cl)c(Cl)c4)o3)NC2=O)cc1. The van der Waals surface area contributed by atoms with Gasteiger partial charge in [-0.3, -0.25) is 9.59 Å². The molecule has 168 valence electrons. The first-order valence-corrected chi connectivity index (χ1v) is 11.5. The number of furan rings is 1. The van der Waals surface area contributed by atoms with Gasteiger partial charge in [0.15, 0.2) is 5.17 Å². The van der Waals surface area contributed by atoms with Gasteiger partial charge in [-0.15, -0.1) is 5.10 Å². The number of anilines is 1. The highest BCUT2D eigenvalue weighted by Gasteiger charge is 2.32. The summed E-state index contributed by atoms with van der Waals surface area (Å²) < 4.78 is 5.72. The van der Waals surface area contributed by atoms with E-state index in [-0.39, 0.29) is 18.2 Å². The lowest BCUT2D eigenvalue weighted by Crippen LogP contribution is -2.28. The maximum Gasteiger partial charge on any atom is 0.240 e. The van der Waals surface area contributed by atoms with Crippen LogP contribution in [0.4, 0.5) is 5.69 Å². The van der Waals surface area contributed by atoms with Gasteiger partial charge in [0.05, 0.1) is 16.3 Å². The van der Waals surface area contributed by atoms with Crippen molar-refractivity contribution in [1.82, 2.24) is 5.32 Å². The van der Waals surface area contributed by atoms with Gasteiger partial charge >= 0.3 is 0 Å². The van der Waals surface area contributed by atoms with Crippen LogP contribution in [0.2, 0.25) is 10.0 Å². The Bertz CT molecular complexity index is 1250. The zero-order valence-corrected chi connectivity index (χ0v) is 19.7. The maximum absolute atomic E-state index is 12.3. The average Bonchev–Trinajstić information content (AvgIpc) is 3.38. The summed E-state index contributed by atoms with van der Waals surface area (Å²) in [6, 6.07) is 16.2. The molecule has 4 rings (SSSR count). The first kappa shape index (κ1) is 23.1. The molecule has 33 heavy (non-hydrogen) atoms. The van der Waals surface area contributed by atoms with Crippen molar-refractivity contribution >= 4 is 63.8 Å². The van der Waals surface area contributed by atoms with Gasteiger partial charge in [0, 0.05) is 17.7 Å². The fraction of sp³-hybridized carbons (Fsp3) is 0.130. The zero-order valence-electron chi connectivity index (χ0n) is 17.3. The van der Waals surface area contributed by atoms with E-state index in [1.807, 2.05) is 31.2 Å². The number of nitrogens with zero attached hydrogens (tertiary/aromatic N) is 2. The lowest BCUT2D eigenvalue weighted by molar-refractivity contribution is -0.122. The van der Waals surface area contributed by atoms with Crippen molar-refractivity contribution in [2.45, 2.75) is 18.6 Å². The molecular formula is C23H18Cl2N4O3S. The van der Waals surface area contributed by atoms with E-state index < -0.39 is 5.25 Å². The monoisotopic (exact) mass is 500 g/mol. The Labute approximate surface area is 204 Å². The van der Waals surface area contributed by atoms with Crippen molar-refractivity contribution in [3.63, 3.8) is 0 Å². The topological polar surface area (TPSA) is 96.1 Å². The van der Waals surface area contributed by atoms with E-state index in [0.29, 0.717) is 32.4 Å². The molecule has 0 spiro atoms. The van der Waals surface area contributed by atoms with E-state index in [4.69, 9.17) is 27.6 Å². The molecular weight excluding hydrogens is 483 g/mol. The number of aryl methyl sites for hydroxylation is 1. The van der Waals surface area contributed by atoms with Crippen LogP contribution in [0.5, 0.6) is 0 Å². The molecule has 0 saturated carbocycles. The molecule has 10 heteroatoms. The fourth-order valence-corrected chi connectivity index (χ4v) is 4.19. The van der Waals surface area contributed by atoms with Crippen LogP contribution in [0.15, 0.2) is 69.2 Å². The minimum Gasteiger partial charge on any atom is -0.455 e. The van der Waals surface area contributed by atoms with Crippen molar-refractivity contribution in [3.05, 3.63) is 76.0 Å². The molecule has 7 nitrogen and oxygen atoms in total. The Morgan fingerprint density at radius 1 is 1.15 bits per heavy atom. The zero-order chi connectivity index (χ0) is 23.4. The number of hydrogen-bond acceptors (Lipinski definition) is 6. The molecule has 1 saturated heterocycles. The average molecular weight is 501 g/mol. The fourth-order valence-electron chi connectivity index (χ4n) is 2.97. The third-order valence-electron chi connectivity index (χ3n) is 4.65. The minimum absolute atomic E-state index is 0.0261. The second-order valence-corrected chi connectivity index (χ2v) is 9.20. The van der Waals surface area contributed by atoms with Crippen LogP contribution >= 0.6 is 35.0 Å². The summed E-state index contributed by atoms with van der Waals surface area (Å²) in [4.78, 5) is 24.4. The van der Waals surface area contributed by atoms with Crippen molar-refractivity contribution in [2.24, 2.45) is 10.2 Å². The van der Waals surface area contributed by atoms with E-state index in [2.05, 4.69) is 20.8 Å². The van der Waals surface area contributed by atoms with Gasteiger partial charge in [-0.1, -0.05) is 52.7 Å². The Morgan fingerprint density at radius 3 is 2.70 bits per heavy atom. The largest absolute Gasteiger partial charge is 0.455 e. The molecule has 1 fully saturated rings. The van der Waals surface area contributed by atoms with Crippen LogP contribution in [-0.4, -0.2) is 28.4 Å². The number of rotatable bonds is 6. The molecule has 2 aromatic carbocycles. The lowest BCUT2D eigenvalue weighted by Gasteiger charge is -2.07. The summed E-state index contributed by atoms with van der Waals surface area (Å²) in [7, 11) is 0. The first-order valence-electron chi connectivity index (χ1n) is 9.88. The van der Waals surface area contributed by atoms with Gasteiger partial charge < -0.3 is 15.1 Å². The standard InChI is InChI=1S/C23H18Cl2N4O3S/c1-13-2-5-15(6-3-13)27-21(30)11-20-22(31)28-23(33-20)29-26-12-16-7-9-19(32-16)14-4-8-17(24)18(25)10-14/h2-10,12,20H,11H2,1H3,(H,27,30)(H,28,29,31)/b26-12+. The number of halogens is 2. The predicted molar refractivity (Wildman–Crippen MR) is 133 cm³/mol. The molecule has 1 aromatic heterocycles. The van der Waals surface area contributed by atoms with E-state index in [9.17, 15) is 9.59 Å². The van der Waals surface area contributed by atoms with Gasteiger partial charge in [0.2, 0.25) is 11.8 Å². The third-order valence-corrected chi connectivity index (χ3v) is 6.46. The van der Waals surface area contributed by atoms with E-state index >= 15 is 0 Å². The molecule has 0 aliphatic carbocycles. The van der Waals surface area contributed by atoms with Crippen molar-refractivity contribution in [2.75, 3.05) is 5.32 Å². The molecule has 3 aromatic rings. The highest BCUT2D eigenvalue weighted by atomic mass is 35.5. The molecule has 1 atom stereocenters. The molecule has 2 amide bonds. The van der Waals surface area contributed by atoms with Crippen LogP contribution < -0.4 is 10.6 Å². The summed E-state index contributed by atoms with van der Waals surface area (Å²) in [5, 5.41) is 14.1. The van der Waals surface area contributed by atoms with Crippen molar-refractivity contribution in [3.8, 4) is 11.3 Å². The van der Waals surface area contributed by atoms with Crippen molar-refractivity contribution in [1.29, 1.82) is 0 Å². The van der Waals surface area contributed by atoms with Gasteiger partial charge in [-0.2, -0.15) is 5.10 Å². The normalized spacial score (nSPS) is 17.0. The third kappa shape index (κ3) is 6.04. The van der Waals surface area contributed by atoms with Gasteiger partial charge in [-0.05, 0) is 49.4 Å². The molecule has 0 radical (unpaired) electrons. The number of thioether (sulfide) groups is 1. The van der Waals surface area contributed by atoms with Crippen LogP contribution in [0.25, 0.3) is 11.3 Å². The van der Waals surface area contributed by atoms with E-state index in [1.54, 1.807) is 30.3 Å². The second kappa shape index (κ2) is 10.2. The number of benzene rings is 2. The quantitative estimate of drug-likeness (QED) is 0.344. The Kier molecular flexibility index (Phi) is 7.17. The molecule has 1 aliphatic rings. The molecule has 1 aliphatic heterocycles. The number of amides is 2. The smallest absolute Gasteiger partial charge is 0.240 e. The number of carbonyl (C=O) groups excluding carboxylic acids is 2. The summed E-state index contributed by atoms with van der Waals surface area (Å²) >= 11 is 13.1. The molecule has 1 unspecified atom stereocenters. The lowest BCUT2D eigenvalue weighted by atomic mass is 10.2. The highest BCUT2D eigenvalue weighted by molar-refractivity contribution is 8.15. The number of hydrogen-bond donors (Lipinski definition) is 2. The van der Waals surface area contributed by atoms with Crippen molar-refractivity contribution < 1.29 is 14.0 Å². The summed E-state index contributed by atoms with van der Waals surface area (Å²) in [5.74, 6) is 0.546. The summed E-state index contributed by atoms with van der Waals surface area (Å²) in [6.45, 7) is 1.97. The second-order valence-electron chi connectivity index (χ2n) is 7.19. The van der Waals surface area contributed by atoms with E-state index in [1.165, 1.54) is 6.21 Å². The van der Waals surface area contributed by atoms with E-state index in [0.717, 1.165) is 22.9 Å². The number of amidine groups is 1. The molecule has 2 N–H and O–H groups in total. The van der Waals surface area contributed by atoms with Crippen LogP contribution in [0, 0.1) is 6.92 Å².